The van der Waals surface area contributed by atoms with Gasteiger partial charge in [0.15, 0.2) is 0 Å². The highest BCUT2D eigenvalue weighted by Gasteiger charge is 2.05. The lowest BCUT2D eigenvalue weighted by Gasteiger charge is -2.14. The Morgan fingerprint density at radius 1 is 1.58 bits per heavy atom. The second kappa shape index (κ2) is 6.66. The maximum Gasteiger partial charge on any atom is 0.222 e. The molecule has 0 aromatic heterocycles. The molecule has 0 bridgehead atoms. The fourth-order valence-electron chi connectivity index (χ4n) is 0.861. The quantitative estimate of drug-likeness (QED) is 0.625. The van der Waals surface area contributed by atoms with E-state index in [0.29, 0.717) is 19.4 Å². The summed E-state index contributed by atoms with van der Waals surface area (Å²) in [5, 5.41) is 8.29. The van der Waals surface area contributed by atoms with Gasteiger partial charge in [-0.2, -0.15) is 5.26 Å². The van der Waals surface area contributed by atoms with Crippen molar-refractivity contribution < 1.29 is 4.79 Å². The Kier molecular flexibility index (Phi) is 6.08. The molecule has 0 atom stereocenters. The SMILES string of the molecule is CCCCC(=O)N(C)CCC#N. The van der Waals surface area contributed by atoms with Gasteiger partial charge >= 0.3 is 0 Å². The lowest BCUT2D eigenvalue weighted by molar-refractivity contribution is -0.129. The zero-order valence-electron chi connectivity index (χ0n) is 7.84. The number of carbonyl (C=O) groups is 1. The highest BCUT2D eigenvalue weighted by molar-refractivity contribution is 5.75. The van der Waals surface area contributed by atoms with Gasteiger partial charge in [-0.1, -0.05) is 13.3 Å². The van der Waals surface area contributed by atoms with Crippen LogP contribution in [0.2, 0.25) is 0 Å². The summed E-state index contributed by atoms with van der Waals surface area (Å²) in [6.45, 7) is 2.61. The minimum absolute atomic E-state index is 0.145. The Hall–Kier alpha value is -1.04. The molecule has 0 unspecified atom stereocenters. The van der Waals surface area contributed by atoms with E-state index in [-0.39, 0.29) is 5.91 Å². The van der Waals surface area contributed by atoms with Crippen LogP contribution in [0.5, 0.6) is 0 Å². The van der Waals surface area contributed by atoms with Crippen molar-refractivity contribution >= 4 is 5.91 Å². The summed E-state index contributed by atoms with van der Waals surface area (Å²) in [5.41, 5.74) is 0. The molecule has 0 spiro atoms. The first-order valence-electron chi connectivity index (χ1n) is 4.33. The Morgan fingerprint density at radius 3 is 2.75 bits per heavy atom. The Labute approximate surface area is 74.0 Å². The monoisotopic (exact) mass is 168 g/mol. The molecule has 1 amide bonds. The number of hydrogen-bond acceptors (Lipinski definition) is 2. The molecule has 0 aromatic rings. The topological polar surface area (TPSA) is 44.1 Å². The standard InChI is InChI=1S/C9H16N2O/c1-3-4-6-9(12)11(2)8-5-7-10/h3-6,8H2,1-2H3. The van der Waals surface area contributed by atoms with Gasteiger partial charge in [0, 0.05) is 20.0 Å². The predicted octanol–water partition coefficient (Wildman–Crippen LogP) is 1.55. The van der Waals surface area contributed by atoms with Gasteiger partial charge in [-0.25, -0.2) is 0 Å². The van der Waals surface area contributed by atoms with E-state index >= 15 is 0 Å². The molecule has 0 heterocycles. The van der Waals surface area contributed by atoms with Crippen molar-refractivity contribution in [1.29, 1.82) is 5.26 Å². The summed E-state index contributed by atoms with van der Waals surface area (Å²) in [5.74, 6) is 0.145. The maximum atomic E-state index is 11.2. The van der Waals surface area contributed by atoms with Crippen LogP contribution in [0, 0.1) is 11.3 Å². The Balaban J connectivity index is 3.55. The second-order valence-corrected chi connectivity index (χ2v) is 2.83. The van der Waals surface area contributed by atoms with Crippen LogP contribution in [-0.4, -0.2) is 24.4 Å². The summed E-state index contributed by atoms with van der Waals surface area (Å²) >= 11 is 0. The van der Waals surface area contributed by atoms with Crippen LogP contribution in [0.4, 0.5) is 0 Å². The molecule has 0 saturated heterocycles. The molecule has 0 aliphatic carbocycles. The molecule has 0 radical (unpaired) electrons. The van der Waals surface area contributed by atoms with E-state index in [1.165, 1.54) is 0 Å². The van der Waals surface area contributed by atoms with Gasteiger partial charge in [-0.15, -0.1) is 0 Å². The van der Waals surface area contributed by atoms with Gasteiger partial charge in [0.05, 0.1) is 12.5 Å². The van der Waals surface area contributed by atoms with Crippen LogP contribution < -0.4 is 0 Å². The van der Waals surface area contributed by atoms with Crippen molar-refractivity contribution in [3.05, 3.63) is 0 Å². The van der Waals surface area contributed by atoms with Gasteiger partial charge in [0.2, 0.25) is 5.91 Å². The molecule has 3 nitrogen and oxygen atoms in total. The van der Waals surface area contributed by atoms with E-state index in [0.717, 1.165) is 12.8 Å². The van der Waals surface area contributed by atoms with Crippen LogP contribution in [-0.2, 0) is 4.79 Å². The summed E-state index contributed by atoms with van der Waals surface area (Å²) in [6, 6.07) is 2.02. The number of amides is 1. The van der Waals surface area contributed by atoms with E-state index in [9.17, 15) is 4.79 Å². The van der Waals surface area contributed by atoms with E-state index in [1.807, 2.05) is 6.07 Å². The van der Waals surface area contributed by atoms with Gasteiger partial charge in [-0.3, -0.25) is 4.79 Å². The largest absolute Gasteiger partial charge is 0.345 e. The van der Waals surface area contributed by atoms with Crippen molar-refractivity contribution in [2.24, 2.45) is 0 Å². The molecule has 0 aromatic carbocycles. The summed E-state index contributed by atoms with van der Waals surface area (Å²) in [4.78, 5) is 12.8. The third-order valence-electron chi connectivity index (χ3n) is 1.73. The van der Waals surface area contributed by atoms with Gasteiger partial charge in [0.25, 0.3) is 0 Å². The number of hydrogen-bond donors (Lipinski definition) is 0. The summed E-state index contributed by atoms with van der Waals surface area (Å²) in [7, 11) is 1.75. The van der Waals surface area contributed by atoms with E-state index < -0.39 is 0 Å². The average molecular weight is 168 g/mol. The fraction of sp³-hybridized carbons (Fsp3) is 0.778. The van der Waals surface area contributed by atoms with Crippen LogP contribution >= 0.6 is 0 Å². The highest BCUT2D eigenvalue weighted by atomic mass is 16.2. The molecular weight excluding hydrogens is 152 g/mol. The van der Waals surface area contributed by atoms with E-state index in [4.69, 9.17) is 5.26 Å². The first kappa shape index (κ1) is 11.0. The number of unbranched alkanes of at least 4 members (excludes halogenated alkanes) is 1. The van der Waals surface area contributed by atoms with Crippen LogP contribution in [0.25, 0.3) is 0 Å². The minimum atomic E-state index is 0.145. The lowest BCUT2D eigenvalue weighted by atomic mass is 10.2. The molecule has 3 heteroatoms. The lowest BCUT2D eigenvalue weighted by Crippen LogP contribution is -2.27. The van der Waals surface area contributed by atoms with Crippen molar-refractivity contribution in [3.8, 4) is 6.07 Å². The number of rotatable bonds is 5. The van der Waals surface area contributed by atoms with Gasteiger partial charge in [0.1, 0.15) is 0 Å². The third kappa shape index (κ3) is 4.73. The molecule has 0 saturated carbocycles. The molecule has 0 fully saturated rings. The number of nitriles is 1. The van der Waals surface area contributed by atoms with Gasteiger partial charge < -0.3 is 4.90 Å². The van der Waals surface area contributed by atoms with Crippen LogP contribution in [0.15, 0.2) is 0 Å². The van der Waals surface area contributed by atoms with Crippen molar-refractivity contribution in [3.63, 3.8) is 0 Å². The first-order chi connectivity index (χ1) is 5.72. The summed E-state index contributed by atoms with van der Waals surface area (Å²) < 4.78 is 0. The number of nitrogens with zero attached hydrogens (tertiary/aromatic N) is 2. The minimum Gasteiger partial charge on any atom is -0.345 e. The highest BCUT2D eigenvalue weighted by Crippen LogP contribution is 1.98. The average Bonchev–Trinajstić information content (AvgIpc) is 2.10. The van der Waals surface area contributed by atoms with E-state index in [2.05, 4.69) is 6.92 Å². The smallest absolute Gasteiger partial charge is 0.222 e. The molecule has 0 N–H and O–H groups in total. The third-order valence-corrected chi connectivity index (χ3v) is 1.73. The normalized spacial score (nSPS) is 9.08. The van der Waals surface area contributed by atoms with E-state index in [1.54, 1.807) is 11.9 Å². The zero-order valence-corrected chi connectivity index (χ0v) is 7.84. The predicted molar refractivity (Wildman–Crippen MR) is 47.4 cm³/mol. The Bertz CT molecular complexity index is 172. The summed E-state index contributed by atoms with van der Waals surface area (Å²) in [6.07, 6.45) is 3.01. The maximum absolute atomic E-state index is 11.2. The molecule has 0 aliphatic heterocycles. The molecule has 68 valence electrons. The molecule has 12 heavy (non-hydrogen) atoms. The molecule has 0 rings (SSSR count). The van der Waals surface area contributed by atoms with Crippen molar-refractivity contribution in [2.45, 2.75) is 32.6 Å². The number of carbonyl (C=O) groups excluding carboxylic acids is 1. The zero-order chi connectivity index (χ0) is 9.40. The Morgan fingerprint density at radius 2 is 2.25 bits per heavy atom. The fourth-order valence-corrected chi connectivity index (χ4v) is 0.861. The van der Waals surface area contributed by atoms with Crippen molar-refractivity contribution in [1.82, 2.24) is 4.90 Å². The molecule has 0 aliphatic rings. The van der Waals surface area contributed by atoms with Crippen molar-refractivity contribution in [2.75, 3.05) is 13.6 Å². The first-order valence-corrected chi connectivity index (χ1v) is 4.33. The van der Waals surface area contributed by atoms with Crippen LogP contribution in [0.3, 0.4) is 0 Å². The molecular formula is C9H16N2O. The second-order valence-electron chi connectivity index (χ2n) is 2.83. The van der Waals surface area contributed by atoms with Gasteiger partial charge in [-0.05, 0) is 6.42 Å². The van der Waals surface area contributed by atoms with Crippen LogP contribution in [0.1, 0.15) is 32.6 Å².